The number of ether oxygens (including phenoxy) is 2. The molecule has 0 saturated heterocycles. The van der Waals surface area contributed by atoms with Crippen molar-refractivity contribution >= 4 is 19.8 Å². The van der Waals surface area contributed by atoms with Gasteiger partial charge in [0.25, 0.3) is 7.82 Å². The summed E-state index contributed by atoms with van der Waals surface area (Å²) in [6.07, 6.45) is 20.1. The van der Waals surface area contributed by atoms with Gasteiger partial charge in [-0.1, -0.05) is 103 Å². The first-order valence-corrected chi connectivity index (χ1v) is 25.5. The zero-order chi connectivity index (χ0) is 46.0. The molecule has 0 radical (unpaired) electrons. The number of carbonyl (C=O) groups is 2. The van der Waals surface area contributed by atoms with Crippen LogP contribution in [0, 0.1) is 25.7 Å². The molecule has 14 heteroatoms. The molecule has 7 atom stereocenters. The summed E-state index contributed by atoms with van der Waals surface area (Å²) < 4.78 is 40.1. The lowest BCUT2D eigenvalue weighted by molar-refractivity contribution is -0.870. The molecule has 3 N–H and O–H groups in total. The second kappa shape index (κ2) is 30.9. The third kappa shape index (κ3) is 24.3. The highest BCUT2D eigenvalue weighted by atomic mass is 31.2. The van der Waals surface area contributed by atoms with Crippen molar-refractivity contribution < 1.29 is 61.8 Å². The van der Waals surface area contributed by atoms with Gasteiger partial charge < -0.3 is 47.6 Å². The number of aryl methyl sites for hydroxylation is 2. The number of aliphatic hydroxyl groups excluding tert-OH is 3. The summed E-state index contributed by atoms with van der Waals surface area (Å²) in [4.78, 5) is 37.9. The zero-order valence-electron chi connectivity index (χ0n) is 39.6. The molecule has 1 unspecified atom stereocenters. The van der Waals surface area contributed by atoms with Crippen molar-refractivity contribution in [2.45, 2.75) is 200 Å². The molecule has 0 bridgehead atoms. The molecule has 1 heterocycles. The van der Waals surface area contributed by atoms with Crippen molar-refractivity contribution in [3.8, 4) is 0 Å². The Morgan fingerprint density at radius 3 is 2.02 bits per heavy atom. The SMILES string of the molecule is CCCCC[C@H](O)/C=C/[C@@H]1[C@@H](CCCCCCC(=O)O[C@H](COC(=O)CCCCCCCCCCc2oc(CCC)c(C)c2C)COP(=O)([O-])OCC[N+](C)(C)C)[C@@H](O)C[C@H]1O. The number of phosphoric ester groups is 1. The summed E-state index contributed by atoms with van der Waals surface area (Å²) in [5, 5.41) is 31.5. The summed E-state index contributed by atoms with van der Waals surface area (Å²) in [7, 11) is 1.02. The largest absolute Gasteiger partial charge is 0.756 e. The van der Waals surface area contributed by atoms with Gasteiger partial charge in [-0.15, -0.1) is 0 Å². The minimum atomic E-state index is -4.70. The van der Waals surface area contributed by atoms with Gasteiger partial charge in [-0.25, -0.2) is 0 Å². The fourth-order valence-electron chi connectivity index (χ4n) is 8.03. The minimum absolute atomic E-state index is 0.0747. The molecule has 62 heavy (non-hydrogen) atoms. The number of esters is 2. The Hall–Kier alpha value is -2.09. The maximum atomic E-state index is 12.9. The first kappa shape index (κ1) is 56.0. The molecule has 1 fully saturated rings. The second-order valence-electron chi connectivity index (χ2n) is 18.7. The Balaban J connectivity index is 1.72. The van der Waals surface area contributed by atoms with Crippen LogP contribution in [-0.4, -0.2) is 104 Å². The van der Waals surface area contributed by atoms with Crippen LogP contribution >= 0.6 is 7.82 Å². The third-order valence-corrected chi connectivity index (χ3v) is 13.0. The summed E-state index contributed by atoms with van der Waals surface area (Å²) >= 11 is 0. The minimum Gasteiger partial charge on any atom is -0.756 e. The monoisotopic (exact) mass is 900 g/mol. The molecule has 1 aliphatic carbocycles. The van der Waals surface area contributed by atoms with Crippen molar-refractivity contribution in [3.05, 3.63) is 34.8 Å². The number of hydrogen-bond acceptors (Lipinski definition) is 12. The molecule has 360 valence electrons. The number of rotatable bonds is 36. The molecular weight excluding hydrogens is 813 g/mol. The van der Waals surface area contributed by atoms with Crippen LogP contribution in [0.15, 0.2) is 16.6 Å². The van der Waals surface area contributed by atoms with Crippen molar-refractivity contribution in [2.75, 3.05) is 47.5 Å². The van der Waals surface area contributed by atoms with Crippen molar-refractivity contribution in [2.24, 2.45) is 11.8 Å². The van der Waals surface area contributed by atoms with E-state index < -0.39 is 50.8 Å². The van der Waals surface area contributed by atoms with Crippen LogP contribution in [0.1, 0.15) is 171 Å². The molecule has 0 aromatic carbocycles. The summed E-state index contributed by atoms with van der Waals surface area (Å²) in [5.74, 6) is 0.968. The molecule has 0 amide bonds. The van der Waals surface area contributed by atoms with E-state index in [1.807, 2.05) is 27.2 Å². The Labute approximate surface area is 374 Å². The number of phosphoric acid groups is 1. The van der Waals surface area contributed by atoms with Gasteiger partial charge in [-0.3, -0.25) is 14.2 Å². The predicted molar refractivity (Wildman–Crippen MR) is 241 cm³/mol. The van der Waals surface area contributed by atoms with Crippen LogP contribution in [0.3, 0.4) is 0 Å². The molecule has 1 aromatic rings. The lowest BCUT2D eigenvalue weighted by Gasteiger charge is -2.28. The topological polar surface area (TPSA) is 185 Å². The van der Waals surface area contributed by atoms with E-state index in [9.17, 15) is 34.4 Å². The highest BCUT2D eigenvalue weighted by Gasteiger charge is 2.39. The number of nitrogens with zero attached hydrogens (tertiary/aromatic N) is 1. The van der Waals surface area contributed by atoms with Gasteiger partial charge in [0.15, 0.2) is 6.10 Å². The Bertz CT molecular complexity index is 1460. The van der Waals surface area contributed by atoms with E-state index >= 15 is 0 Å². The van der Waals surface area contributed by atoms with E-state index in [1.165, 1.54) is 24.0 Å². The van der Waals surface area contributed by atoms with Gasteiger partial charge in [-0.05, 0) is 69.4 Å². The quantitative estimate of drug-likeness (QED) is 0.0192. The maximum absolute atomic E-state index is 12.9. The smallest absolute Gasteiger partial charge is 0.306 e. The first-order valence-electron chi connectivity index (χ1n) is 24.0. The van der Waals surface area contributed by atoms with Gasteiger partial charge in [0.1, 0.15) is 31.3 Å². The lowest BCUT2D eigenvalue weighted by atomic mass is 9.88. The van der Waals surface area contributed by atoms with Crippen molar-refractivity contribution in [1.82, 2.24) is 0 Å². The van der Waals surface area contributed by atoms with E-state index in [1.54, 1.807) is 6.08 Å². The number of carbonyl (C=O) groups excluding carboxylic acids is 2. The number of likely N-dealkylation sites (N-methyl/N-ethyl adjacent to an activating group) is 1. The highest BCUT2D eigenvalue weighted by Crippen LogP contribution is 2.39. The summed E-state index contributed by atoms with van der Waals surface area (Å²) in [6, 6.07) is 0. The number of furan rings is 1. The molecular formula is C48H86NO12P. The van der Waals surface area contributed by atoms with E-state index in [-0.39, 0.29) is 37.9 Å². The fourth-order valence-corrected chi connectivity index (χ4v) is 8.76. The van der Waals surface area contributed by atoms with Crippen LogP contribution in [0.4, 0.5) is 0 Å². The number of quaternary nitrogens is 1. The number of hydrogen-bond donors (Lipinski definition) is 3. The molecule has 2 rings (SSSR count). The van der Waals surface area contributed by atoms with Crippen LogP contribution in [0.2, 0.25) is 0 Å². The molecule has 13 nitrogen and oxygen atoms in total. The molecule has 0 spiro atoms. The number of aliphatic hydroxyl groups is 3. The predicted octanol–water partition coefficient (Wildman–Crippen LogP) is 8.76. The maximum Gasteiger partial charge on any atom is 0.306 e. The standard InChI is InChI=1S/C48H86NO12P/c1-8-10-19-25-39(50)30-31-42-41(43(51)34-44(42)52)26-20-17-18-23-29-48(54)60-40(36-59-62(55,56)58-33-32-49(5,6)7)35-57-47(53)28-22-16-14-12-11-13-15-21-27-46-38(4)37(3)45(61-46)24-9-2/h30-31,39-44,50-52H,8-29,32-36H2,1-7H3/b31-30+/t39-,40+,41+,42+,43-,44+/m0/s1. The Morgan fingerprint density at radius 2 is 1.39 bits per heavy atom. The number of unbranched alkanes of at least 4 members (excludes halogenated alkanes) is 12. The van der Waals surface area contributed by atoms with Gasteiger partial charge in [-0.2, -0.15) is 0 Å². The molecule has 1 saturated carbocycles. The van der Waals surface area contributed by atoms with E-state index in [0.717, 1.165) is 101 Å². The van der Waals surface area contributed by atoms with E-state index in [2.05, 4.69) is 27.7 Å². The fraction of sp³-hybridized carbons (Fsp3) is 0.833. The van der Waals surface area contributed by atoms with Crippen molar-refractivity contribution in [3.63, 3.8) is 0 Å². The average molecular weight is 900 g/mol. The third-order valence-electron chi connectivity index (χ3n) is 12.1. The second-order valence-corrected chi connectivity index (χ2v) is 20.1. The van der Waals surface area contributed by atoms with Crippen LogP contribution in [0.25, 0.3) is 0 Å². The van der Waals surface area contributed by atoms with Gasteiger partial charge in [0, 0.05) is 38.0 Å². The van der Waals surface area contributed by atoms with Gasteiger partial charge in [0.05, 0.1) is 46.1 Å². The lowest BCUT2D eigenvalue weighted by Crippen LogP contribution is -2.37. The zero-order valence-corrected chi connectivity index (χ0v) is 40.5. The Morgan fingerprint density at radius 1 is 0.790 bits per heavy atom. The van der Waals surface area contributed by atoms with Gasteiger partial charge in [0.2, 0.25) is 0 Å². The van der Waals surface area contributed by atoms with Crippen LogP contribution < -0.4 is 4.89 Å². The van der Waals surface area contributed by atoms with Crippen LogP contribution in [-0.2, 0) is 45.5 Å². The Kier molecular flexibility index (Phi) is 28.0. The summed E-state index contributed by atoms with van der Waals surface area (Å²) in [5.41, 5.74) is 2.60. The molecule has 1 aromatic heterocycles. The van der Waals surface area contributed by atoms with Gasteiger partial charge >= 0.3 is 11.9 Å². The van der Waals surface area contributed by atoms with E-state index in [0.29, 0.717) is 43.1 Å². The molecule has 1 aliphatic rings. The average Bonchev–Trinajstić information content (AvgIpc) is 3.63. The van der Waals surface area contributed by atoms with Crippen molar-refractivity contribution in [1.29, 1.82) is 0 Å². The van der Waals surface area contributed by atoms with Crippen LogP contribution in [0.5, 0.6) is 0 Å². The molecule has 0 aliphatic heterocycles. The first-order chi connectivity index (χ1) is 29.5. The highest BCUT2D eigenvalue weighted by molar-refractivity contribution is 7.45. The van der Waals surface area contributed by atoms with E-state index in [4.69, 9.17) is 22.9 Å². The normalized spacial score (nSPS) is 20.1. The summed E-state index contributed by atoms with van der Waals surface area (Å²) in [6.45, 7) is 8.10.